The minimum absolute atomic E-state index is 0.0210. The van der Waals surface area contributed by atoms with E-state index < -0.39 is 43.6 Å². The van der Waals surface area contributed by atoms with Gasteiger partial charge in [-0.3, -0.25) is 28.6 Å². The largest absolute Gasteiger partial charge is 0.394 e. The highest BCUT2D eigenvalue weighted by atomic mass is 31.2. The van der Waals surface area contributed by atoms with E-state index in [9.17, 15) is 14.9 Å². The van der Waals surface area contributed by atoms with Crippen molar-refractivity contribution in [3.63, 3.8) is 0 Å². The molecule has 0 amide bonds. The first kappa shape index (κ1) is 31.7. The van der Waals surface area contributed by atoms with Crippen LogP contribution in [0.25, 0.3) is 21.6 Å². The summed E-state index contributed by atoms with van der Waals surface area (Å²) in [5, 5.41) is 18.6. The number of aliphatic hydroxyl groups is 1. The summed E-state index contributed by atoms with van der Waals surface area (Å²) >= 11 is 0. The lowest BCUT2D eigenvalue weighted by Gasteiger charge is -2.27. The minimum Gasteiger partial charge on any atom is -0.394 e. The van der Waals surface area contributed by atoms with Crippen LogP contribution in [-0.2, 0) is 34.8 Å². The van der Waals surface area contributed by atoms with Crippen molar-refractivity contribution in [3.05, 3.63) is 87.8 Å². The standard InChI is InChI=1S/C28H32N9O8P/c1-28(2)44-22-20(15-42-46(40,33-18-9-5-3-6-10-18)34-19-11-7-4-8-12-19)43-26(23(22)45-28)37-24-21(31-27(37)32-35-29)25(39)36(16-30-24)17-41-14-13-38/h3-12,16,20,22-23,26,38H,13-15,17H2,1-2H3,(H2,33,34,40)/t20-,22-,23-,26-/m1/s1. The van der Waals surface area contributed by atoms with Crippen molar-refractivity contribution < 1.29 is 33.1 Å². The molecule has 0 spiro atoms. The zero-order valence-corrected chi connectivity index (χ0v) is 25.8. The van der Waals surface area contributed by atoms with Crippen molar-refractivity contribution in [2.75, 3.05) is 30.0 Å². The fourth-order valence-corrected chi connectivity index (χ4v) is 6.81. The maximum atomic E-state index is 14.2. The number of azide groups is 1. The van der Waals surface area contributed by atoms with Crippen molar-refractivity contribution >= 4 is 36.2 Å². The highest BCUT2D eigenvalue weighted by Gasteiger charge is 2.57. The number of aliphatic hydroxyl groups excluding tert-OH is 1. The van der Waals surface area contributed by atoms with Crippen molar-refractivity contribution in [3.8, 4) is 0 Å². The number of hydrogen-bond acceptors (Lipinski definition) is 11. The second-order valence-corrected chi connectivity index (χ2v) is 12.7. The van der Waals surface area contributed by atoms with Crippen LogP contribution in [0.4, 0.5) is 17.3 Å². The molecule has 3 N–H and O–H groups in total. The molecular formula is C28H32N9O8P. The molecule has 46 heavy (non-hydrogen) atoms. The van der Waals surface area contributed by atoms with Gasteiger partial charge in [-0.15, -0.1) is 0 Å². The second-order valence-electron chi connectivity index (χ2n) is 10.9. The molecule has 0 unspecified atom stereocenters. The molecule has 2 saturated heterocycles. The summed E-state index contributed by atoms with van der Waals surface area (Å²) in [6.45, 7) is 2.90. The quantitative estimate of drug-likeness (QED) is 0.0608. The fourth-order valence-electron chi connectivity index (χ4n) is 5.29. The third-order valence-electron chi connectivity index (χ3n) is 7.15. The molecule has 0 aliphatic carbocycles. The molecule has 4 aromatic rings. The van der Waals surface area contributed by atoms with Gasteiger partial charge in [0.2, 0.25) is 5.95 Å². The van der Waals surface area contributed by atoms with Gasteiger partial charge in [0.05, 0.1) is 19.8 Å². The Hall–Kier alpha value is -4.31. The Labute approximate surface area is 262 Å². The van der Waals surface area contributed by atoms with Crippen LogP contribution in [0.5, 0.6) is 0 Å². The lowest BCUT2D eigenvalue weighted by atomic mass is 10.1. The van der Waals surface area contributed by atoms with E-state index in [0.29, 0.717) is 11.4 Å². The molecule has 2 aliphatic heterocycles. The predicted molar refractivity (Wildman–Crippen MR) is 165 cm³/mol. The number of fused-ring (bicyclic) bond motifs is 2. The Morgan fingerprint density at radius 2 is 1.74 bits per heavy atom. The zero-order valence-electron chi connectivity index (χ0n) is 24.9. The predicted octanol–water partition coefficient (Wildman–Crippen LogP) is 4.27. The molecule has 2 aromatic carbocycles. The molecular weight excluding hydrogens is 621 g/mol. The molecule has 6 rings (SSSR count). The van der Waals surface area contributed by atoms with Gasteiger partial charge in [-0.05, 0) is 48.8 Å². The van der Waals surface area contributed by atoms with Crippen LogP contribution < -0.4 is 15.7 Å². The van der Waals surface area contributed by atoms with Gasteiger partial charge in [0, 0.05) is 16.3 Å². The number of benzene rings is 2. The number of imidazole rings is 1. The Morgan fingerprint density at radius 3 is 2.37 bits per heavy atom. The van der Waals surface area contributed by atoms with Crippen LogP contribution in [0.2, 0.25) is 0 Å². The molecule has 0 saturated carbocycles. The van der Waals surface area contributed by atoms with Crippen molar-refractivity contribution in [2.45, 2.75) is 50.9 Å². The molecule has 4 atom stereocenters. The minimum atomic E-state index is -3.79. The van der Waals surface area contributed by atoms with Gasteiger partial charge < -0.3 is 24.1 Å². The van der Waals surface area contributed by atoms with Crippen LogP contribution in [0, 0.1) is 0 Å². The lowest BCUT2D eigenvalue weighted by Crippen LogP contribution is -2.33. The van der Waals surface area contributed by atoms with Gasteiger partial charge in [0.25, 0.3) is 5.56 Å². The monoisotopic (exact) mass is 653 g/mol. The number of hydrogen-bond donors (Lipinski definition) is 3. The smallest absolute Gasteiger partial charge is 0.391 e. The van der Waals surface area contributed by atoms with Crippen LogP contribution in [0.15, 0.2) is 76.9 Å². The fraction of sp³-hybridized carbons (Fsp3) is 0.393. The Bertz CT molecular complexity index is 1790. The summed E-state index contributed by atoms with van der Waals surface area (Å²) in [7, 11) is -3.79. The molecule has 242 valence electrons. The van der Waals surface area contributed by atoms with E-state index in [0.717, 1.165) is 0 Å². The molecule has 17 nitrogen and oxygen atoms in total. The number of aromatic nitrogens is 4. The Balaban J connectivity index is 1.31. The maximum Gasteiger partial charge on any atom is 0.391 e. The lowest BCUT2D eigenvalue weighted by molar-refractivity contribution is -0.198. The van der Waals surface area contributed by atoms with Crippen molar-refractivity contribution in [2.24, 2.45) is 5.11 Å². The first-order chi connectivity index (χ1) is 22.2. The highest BCUT2D eigenvalue weighted by Crippen LogP contribution is 2.50. The molecule has 0 bridgehead atoms. The number of para-hydroxylation sites is 2. The molecule has 2 aliphatic rings. The highest BCUT2D eigenvalue weighted by molar-refractivity contribution is 7.62. The summed E-state index contributed by atoms with van der Waals surface area (Å²) in [6.07, 6.45) is -2.10. The first-order valence-corrected chi connectivity index (χ1v) is 16.0. The number of anilines is 2. The third kappa shape index (κ3) is 6.63. The maximum absolute atomic E-state index is 14.2. The van der Waals surface area contributed by atoms with Crippen LogP contribution in [0.3, 0.4) is 0 Å². The van der Waals surface area contributed by atoms with E-state index in [1.807, 2.05) is 12.1 Å². The summed E-state index contributed by atoms with van der Waals surface area (Å²) in [4.78, 5) is 24.7. The molecule has 2 fully saturated rings. The molecule has 18 heteroatoms. The van der Waals surface area contributed by atoms with E-state index in [4.69, 9.17) is 28.6 Å². The zero-order chi connectivity index (χ0) is 32.3. The molecule has 4 heterocycles. The topological polar surface area (TPSA) is 209 Å². The normalized spacial score (nSPS) is 22.0. The van der Waals surface area contributed by atoms with Gasteiger partial charge in [0.15, 0.2) is 23.2 Å². The number of rotatable bonds is 13. The van der Waals surface area contributed by atoms with Gasteiger partial charge >= 0.3 is 7.67 Å². The van der Waals surface area contributed by atoms with Gasteiger partial charge in [0.1, 0.15) is 31.4 Å². The van der Waals surface area contributed by atoms with Crippen molar-refractivity contribution in [1.82, 2.24) is 19.1 Å². The van der Waals surface area contributed by atoms with Gasteiger partial charge in [-0.2, -0.15) is 0 Å². The van der Waals surface area contributed by atoms with E-state index in [2.05, 4.69) is 30.2 Å². The molecule has 0 radical (unpaired) electrons. The summed E-state index contributed by atoms with van der Waals surface area (Å²) in [5.41, 5.74) is 9.87. The first-order valence-electron chi connectivity index (χ1n) is 14.3. The summed E-state index contributed by atoms with van der Waals surface area (Å²) in [5.74, 6) is -1.22. The van der Waals surface area contributed by atoms with Crippen LogP contribution in [-0.4, -0.2) is 68.1 Å². The average Bonchev–Trinajstić information content (AvgIpc) is 3.66. The van der Waals surface area contributed by atoms with Crippen LogP contribution in [0.1, 0.15) is 20.1 Å². The van der Waals surface area contributed by atoms with E-state index in [1.165, 1.54) is 15.5 Å². The average molecular weight is 654 g/mol. The number of ether oxygens (including phenoxy) is 4. The SMILES string of the molecule is CC1(C)O[C@@H]2[C@H](O1)[C@@H](COP(=O)(Nc1ccccc1)Nc1ccccc1)O[C@H]2n1c(N=[N+]=[N-])nc2c(=O)n(COCCO)cnc21. The molecule has 2 aromatic heterocycles. The van der Waals surface area contributed by atoms with Crippen LogP contribution >= 0.6 is 7.67 Å². The number of nitrogens with zero attached hydrogens (tertiary/aromatic N) is 7. The van der Waals surface area contributed by atoms with Crippen molar-refractivity contribution in [1.29, 1.82) is 0 Å². The van der Waals surface area contributed by atoms with E-state index >= 15 is 0 Å². The summed E-state index contributed by atoms with van der Waals surface area (Å²) in [6, 6.07) is 17.9. The van der Waals surface area contributed by atoms with Gasteiger partial charge in [-0.1, -0.05) is 36.4 Å². The Kier molecular flexibility index (Phi) is 9.08. The number of nitrogens with one attached hydrogen (secondary N) is 2. The second kappa shape index (κ2) is 13.2. The van der Waals surface area contributed by atoms with E-state index in [-0.39, 0.29) is 43.7 Å². The van der Waals surface area contributed by atoms with E-state index in [1.54, 1.807) is 62.4 Å². The third-order valence-corrected chi connectivity index (χ3v) is 8.77. The van der Waals surface area contributed by atoms with Gasteiger partial charge in [-0.25, -0.2) is 14.5 Å². The summed E-state index contributed by atoms with van der Waals surface area (Å²) < 4.78 is 46.9. The Morgan fingerprint density at radius 1 is 1.09 bits per heavy atom.